The van der Waals surface area contributed by atoms with E-state index in [4.69, 9.17) is 4.74 Å². The van der Waals surface area contributed by atoms with Gasteiger partial charge in [0.05, 0.1) is 6.61 Å². The third kappa shape index (κ3) is 3.48. The monoisotopic (exact) mass is 367 g/mol. The van der Waals surface area contributed by atoms with Gasteiger partial charge in [0.25, 0.3) is 5.91 Å². The fourth-order valence-electron chi connectivity index (χ4n) is 4.04. The molecule has 2 amide bonds. The fourth-order valence-corrected chi connectivity index (χ4v) is 4.04. The van der Waals surface area contributed by atoms with Crippen molar-refractivity contribution < 1.29 is 14.3 Å². The first kappa shape index (κ1) is 17.8. The van der Waals surface area contributed by atoms with Crippen LogP contribution in [0.4, 0.5) is 0 Å². The standard InChI is InChI=1S/C21H25N3O3/c1-2-11-27-19-16-6-4-3-5-15(16)12-17(23-19)20(26)24-9-7-21(8-10-24)13-18(25)22-14-21/h3-6,12H,2,7-11,13-14H2,1H3,(H,22,25). The molecule has 0 saturated carbocycles. The fraction of sp³-hybridized carbons (Fsp3) is 0.476. The quantitative estimate of drug-likeness (QED) is 0.902. The average Bonchev–Trinajstić information content (AvgIpc) is 3.06. The minimum atomic E-state index is -0.0609. The minimum Gasteiger partial charge on any atom is -0.477 e. The van der Waals surface area contributed by atoms with Crippen molar-refractivity contribution >= 4 is 22.6 Å². The Morgan fingerprint density at radius 1 is 1.30 bits per heavy atom. The molecule has 2 aromatic rings. The number of carbonyl (C=O) groups excluding carboxylic acids is 2. The Kier molecular flexibility index (Phi) is 4.72. The lowest BCUT2D eigenvalue weighted by Gasteiger charge is -2.38. The normalized spacial score (nSPS) is 18.7. The topological polar surface area (TPSA) is 71.5 Å². The largest absolute Gasteiger partial charge is 0.477 e. The summed E-state index contributed by atoms with van der Waals surface area (Å²) in [6, 6.07) is 9.70. The molecule has 0 radical (unpaired) electrons. The van der Waals surface area contributed by atoms with Crippen LogP contribution in [0.5, 0.6) is 5.88 Å². The summed E-state index contributed by atoms with van der Waals surface area (Å²) in [6.45, 7) is 4.67. The summed E-state index contributed by atoms with van der Waals surface area (Å²) >= 11 is 0. The highest BCUT2D eigenvalue weighted by Gasteiger charge is 2.41. The Labute approximate surface area is 158 Å². The molecule has 2 aliphatic rings. The van der Waals surface area contributed by atoms with E-state index in [2.05, 4.69) is 10.3 Å². The van der Waals surface area contributed by atoms with Crippen molar-refractivity contribution in [1.29, 1.82) is 0 Å². The number of piperidine rings is 1. The maximum Gasteiger partial charge on any atom is 0.272 e. The number of hydrogen-bond acceptors (Lipinski definition) is 4. The molecule has 27 heavy (non-hydrogen) atoms. The Bertz CT molecular complexity index is 872. The van der Waals surface area contributed by atoms with E-state index < -0.39 is 0 Å². The molecule has 2 fully saturated rings. The van der Waals surface area contributed by atoms with Crippen LogP contribution < -0.4 is 10.1 Å². The molecule has 6 heteroatoms. The second-order valence-electron chi connectivity index (χ2n) is 7.63. The predicted octanol–water partition coefficient (Wildman–Crippen LogP) is 2.77. The lowest BCUT2D eigenvalue weighted by atomic mass is 9.77. The molecule has 0 bridgehead atoms. The highest BCUT2D eigenvalue weighted by molar-refractivity contribution is 5.98. The summed E-state index contributed by atoms with van der Waals surface area (Å²) in [6.07, 6.45) is 3.17. The summed E-state index contributed by atoms with van der Waals surface area (Å²) in [5, 5.41) is 4.82. The Balaban J connectivity index is 1.55. The van der Waals surface area contributed by atoms with Crippen LogP contribution in [0.3, 0.4) is 0 Å². The second-order valence-corrected chi connectivity index (χ2v) is 7.63. The number of nitrogens with zero attached hydrogens (tertiary/aromatic N) is 2. The van der Waals surface area contributed by atoms with Crippen LogP contribution in [0.15, 0.2) is 30.3 Å². The van der Waals surface area contributed by atoms with Gasteiger partial charge in [-0.15, -0.1) is 0 Å². The number of pyridine rings is 1. The third-order valence-electron chi connectivity index (χ3n) is 5.67. The van der Waals surface area contributed by atoms with Crippen LogP contribution in [0.25, 0.3) is 10.8 Å². The van der Waals surface area contributed by atoms with E-state index in [9.17, 15) is 9.59 Å². The number of likely N-dealkylation sites (tertiary alicyclic amines) is 1. The van der Waals surface area contributed by atoms with Gasteiger partial charge in [0.15, 0.2) is 0 Å². The number of benzene rings is 1. The van der Waals surface area contributed by atoms with Gasteiger partial charge in [0.1, 0.15) is 5.69 Å². The molecule has 1 aromatic heterocycles. The van der Waals surface area contributed by atoms with Crippen molar-refractivity contribution in [3.05, 3.63) is 36.0 Å². The van der Waals surface area contributed by atoms with E-state index >= 15 is 0 Å². The lowest BCUT2D eigenvalue weighted by Crippen LogP contribution is -2.44. The van der Waals surface area contributed by atoms with Crippen LogP contribution >= 0.6 is 0 Å². The number of aromatic nitrogens is 1. The maximum atomic E-state index is 13.1. The van der Waals surface area contributed by atoms with Crippen LogP contribution in [-0.2, 0) is 4.79 Å². The molecule has 2 aliphatic heterocycles. The van der Waals surface area contributed by atoms with E-state index in [1.165, 1.54) is 0 Å². The smallest absolute Gasteiger partial charge is 0.272 e. The zero-order valence-electron chi connectivity index (χ0n) is 15.7. The van der Waals surface area contributed by atoms with Crippen molar-refractivity contribution in [2.24, 2.45) is 5.41 Å². The van der Waals surface area contributed by atoms with Gasteiger partial charge in [-0.05, 0) is 42.2 Å². The number of nitrogens with one attached hydrogen (secondary N) is 1. The van der Waals surface area contributed by atoms with Crippen molar-refractivity contribution in [2.45, 2.75) is 32.6 Å². The summed E-state index contributed by atoms with van der Waals surface area (Å²) in [4.78, 5) is 31.0. The van der Waals surface area contributed by atoms with Crippen LogP contribution in [0.2, 0.25) is 0 Å². The molecular formula is C21H25N3O3. The summed E-state index contributed by atoms with van der Waals surface area (Å²) in [7, 11) is 0. The average molecular weight is 367 g/mol. The molecule has 0 atom stereocenters. The summed E-state index contributed by atoms with van der Waals surface area (Å²) in [5.74, 6) is 0.593. The SMILES string of the molecule is CCCOc1nc(C(=O)N2CCC3(CC2)CNC(=O)C3)cc2ccccc12. The van der Waals surface area contributed by atoms with Gasteiger partial charge in [-0.1, -0.05) is 25.1 Å². The van der Waals surface area contributed by atoms with E-state index in [0.29, 0.717) is 37.7 Å². The third-order valence-corrected chi connectivity index (χ3v) is 5.67. The summed E-state index contributed by atoms with van der Waals surface area (Å²) < 4.78 is 5.81. The number of hydrogen-bond donors (Lipinski definition) is 1. The van der Waals surface area contributed by atoms with Gasteiger partial charge >= 0.3 is 0 Å². The van der Waals surface area contributed by atoms with Crippen LogP contribution in [0.1, 0.15) is 43.1 Å². The maximum absolute atomic E-state index is 13.1. The van der Waals surface area contributed by atoms with Crippen molar-refractivity contribution in [2.75, 3.05) is 26.2 Å². The predicted molar refractivity (Wildman–Crippen MR) is 103 cm³/mol. The molecule has 0 unspecified atom stereocenters. The number of amides is 2. The molecule has 1 N–H and O–H groups in total. The molecule has 6 nitrogen and oxygen atoms in total. The highest BCUT2D eigenvalue weighted by Crippen LogP contribution is 2.38. The Morgan fingerprint density at radius 2 is 2.07 bits per heavy atom. The van der Waals surface area contributed by atoms with Gasteiger partial charge in [0, 0.05) is 31.4 Å². The van der Waals surface area contributed by atoms with E-state index in [1.54, 1.807) is 0 Å². The number of ether oxygens (including phenoxy) is 1. The first-order valence-corrected chi connectivity index (χ1v) is 9.69. The first-order valence-electron chi connectivity index (χ1n) is 9.69. The molecule has 142 valence electrons. The molecule has 4 rings (SSSR count). The number of fused-ring (bicyclic) bond motifs is 1. The van der Waals surface area contributed by atoms with E-state index in [0.717, 1.165) is 36.6 Å². The lowest BCUT2D eigenvalue weighted by molar-refractivity contribution is -0.119. The number of rotatable bonds is 4. The highest BCUT2D eigenvalue weighted by atomic mass is 16.5. The van der Waals surface area contributed by atoms with E-state index in [-0.39, 0.29) is 17.2 Å². The van der Waals surface area contributed by atoms with Crippen LogP contribution in [0, 0.1) is 5.41 Å². The van der Waals surface area contributed by atoms with Crippen LogP contribution in [-0.4, -0.2) is 47.9 Å². The number of carbonyl (C=O) groups is 2. The minimum absolute atomic E-state index is 0.0279. The Hall–Kier alpha value is -2.63. The first-order chi connectivity index (χ1) is 13.1. The second kappa shape index (κ2) is 7.18. The van der Waals surface area contributed by atoms with Gasteiger partial charge in [-0.3, -0.25) is 9.59 Å². The van der Waals surface area contributed by atoms with Gasteiger partial charge in [-0.25, -0.2) is 4.98 Å². The van der Waals surface area contributed by atoms with Crippen molar-refractivity contribution in [3.8, 4) is 5.88 Å². The zero-order chi connectivity index (χ0) is 18.9. The molecule has 3 heterocycles. The van der Waals surface area contributed by atoms with Gasteiger partial charge < -0.3 is 15.0 Å². The van der Waals surface area contributed by atoms with Crippen molar-refractivity contribution in [3.63, 3.8) is 0 Å². The molecular weight excluding hydrogens is 342 g/mol. The van der Waals surface area contributed by atoms with Gasteiger partial charge in [-0.2, -0.15) is 0 Å². The van der Waals surface area contributed by atoms with Crippen molar-refractivity contribution in [1.82, 2.24) is 15.2 Å². The molecule has 0 aliphatic carbocycles. The summed E-state index contributed by atoms with van der Waals surface area (Å²) in [5.41, 5.74) is 0.455. The molecule has 1 spiro atoms. The van der Waals surface area contributed by atoms with E-state index in [1.807, 2.05) is 42.2 Å². The van der Waals surface area contributed by atoms with Gasteiger partial charge in [0.2, 0.25) is 11.8 Å². The zero-order valence-corrected chi connectivity index (χ0v) is 15.7. The molecule has 2 saturated heterocycles. The molecule has 1 aromatic carbocycles. The Morgan fingerprint density at radius 3 is 2.78 bits per heavy atom.